The van der Waals surface area contributed by atoms with Gasteiger partial charge in [-0.15, -0.1) is 15.3 Å². The van der Waals surface area contributed by atoms with Crippen LogP contribution in [0.3, 0.4) is 0 Å². The third-order valence-electron chi connectivity index (χ3n) is 3.36. The van der Waals surface area contributed by atoms with Crippen molar-refractivity contribution < 1.29 is 9.53 Å². The van der Waals surface area contributed by atoms with Gasteiger partial charge in [0.05, 0.1) is 7.11 Å². The zero-order valence-corrected chi connectivity index (χ0v) is 13.9. The molecule has 1 aromatic carbocycles. The summed E-state index contributed by atoms with van der Waals surface area (Å²) in [7, 11) is 1.61. The number of carbonyl (C=O) groups excluding carboxylic acids is 1. The summed E-state index contributed by atoms with van der Waals surface area (Å²) in [4.78, 5) is 12.9. The second kappa shape index (κ2) is 6.33. The van der Waals surface area contributed by atoms with Gasteiger partial charge in [-0.05, 0) is 6.07 Å². The van der Waals surface area contributed by atoms with Crippen molar-refractivity contribution >= 4 is 22.2 Å². The number of fused-ring (bicyclic) bond motifs is 1. The molecule has 0 spiro atoms. The fraction of sp³-hybridized carbons (Fsp3) is 0.333. The highest BCUT2D eigenvalue weighted by atomic mass is 32.1. The summed E-state index contributed by atoms with van der Waals surface area (Å²) in [6.07, 6.45) is 0. The molecule has 3 aromatic rings. The van der Waals surface area contributed by atoms with Crippen LogP contribution in [0.15, 0.2) is 24.3 Å². The molecule has 0 fully saturated rings. The summed E-state index contributed by atoms with van der Waals surface area (Å²) in [6.45, 7) is 4.40. The fourth-order valence-corrected chi connectivity index (χ4v) is 2.95. The number of aromatic nitrogens is 4. The van der Waals surface area contributed by atoms with Crippen LogP contribution in [0.5, 0.6) is 5.75 Å². The van der Waals surface area contributed by atoms with E-state index in [9.17, 15) is 4.79 Å². The topological polar surface area (TPSA) is 81.4 Å². The summed E-state index contributed by atoms with van der Waals surface area (Å²) in [6, 6.07) is 7.57. The standard InChI is InChI=1S/C15H17N5O2S/c1-9(2)12-17-18-15-20(12)19-14(23-15)13(21)16-8-10-6-4-5-7-11(10)22-3/h4-7,9H,8H2,1-3H3,(H,16,21). The molecule has 0 unspecified atom stereocenters. The number of hydrogen-bond donors (Lipinski definition) is 1. The lowest BCUT2D eigenvalue weighted by molar-refractivity contribution is 0.0949. The number of para-hydroxylation sites is 1. The van der Waals surface area contributed by atoms with E-state index in [1.807, 2.05) is 38.1 Å². The Morgan fingerprint density at radius 2 is 2.13 bits per heavy atom. The molecule has 0 radical (unpaired) electrons. The number of benzene rings is 1. The molecule has 1 N–H and O–H groups in total. The number of hydrogen-bond acceptors (Lipinski definition) is 6. The molecule has 2 heterocycles. The lowest BCUT2D eigenvalue weighted by Gasteiger charge is -2.08. The molecule has 7 nitrogen and oxygen atoms in total. The second-order valence-electron chi connectivity index (χ2n) is 5.31. The molecule has 3 rings (SSSR count). The Morgan fingerprint density at radius 1 is 1.35 bits per heavy atom. The highest BCUT2D eigenvalue weighted by Gasteiger charge is 2.18. The highest BCUT2D eigenvalue weighted by molar-refractivity contribution is 7.18. The van der Waals surface area contributed by atoms with Crippen molar-refractivity contribution in [2.75, 3.05) is 7.11 Å². The van der Waals surface area contributed by atoms with E-state index in [2.05, 4.69) is 20.6 Å². The number of carbonyl (C=O) groups is 1. The van der Waals surface area contributed by atoms with Crippen LogP contribution in [-0.4, -0.2) is 32.8 Å². The van der Waals surface area contributed by atoms with Gasteiger partial charge in [-0.1, -0.05) is 43.4 Å². The number of amides is 1. The molecule has 2 aromatic heterocycles. The third kappa shape index (κ3) is 3.02. The van der Waals surface area contributed by atoms with Gasteiger partial charge in [0.15, 0.2) is 5.82 Å². The second-order valence-corrected chi connectivity index (χ2v) is 6.26. The first kappa shape index (κ1) is 15.4. The number of nitrogens with zero attached hydrogens (tertiary/aromatic N) is 4. The summed E-state index contributed by atoms with van der Waals surface area (Å²) in [5.74, 6) is 1.45. The average Bonchev–Trinajstić information content (AvgIpc) is 3.12. The molecule has 0 aliphatic carbocycles. The zero-order chi connectivity index (χ0) is 16.4. The molecule has 23 heavy (non-hydrogen) atoms. The van der Waals surface area contributed by atoms with E-state index in [0.29, 0.717) is 16.5 Å². The number of rotatable bonds is 5. The van der Waals surface area contributed by atoms with E-state index >= 15 is 0 Å². The summed E-state index contributed by atoms with van der Waals surface area (Å²) in [5, 5.41) is 15.7. The van der Waals surface area contributed by atoms with Gasteiger partial charge in [-0.25, -0.2) is 0 Å². The van der Waals surface area contributed by atoms with Crippen molar-refractivity contribution in [3.63, 3.8) is 0 Å². The van der Waals surface area contributed by atoms with Crippen LogP contribution < -0.4 is 10.1 Å². The molecular weight excluding hydrogens is 314 g/mol. The number of methoxy groups -OCH3 is 1. The molecule has 120 valence electrons. The lowest BCUT2D eigenvalue weighted by atomic mass is 10.2. The molecular formula is C15H17N5O2S. The normalized spacial score (nSPS) is 11.1. The monoisotopic (exact) mass is 331 g/mol. The quantitative estimate of drug-likeness (QED) is 0.775. The van der Waals surface area contributed by atoms with E-state index in [0.717, 1.165) is 17.1 Å². The Morgan fingerprint density at radius 3 is 2.87 bits per heavy atom. The molecule has 1 amide bonds. The molecule has 0 aliphatic heterocycles. The Labute approximate surface area is 137 Å². The predicted octanol–water partition coefficient (Wildman–Crippen LogP) is 2.25. The first-order chi connectivity index (χ1) is 11.1. The smallest absolute Gasteiger partial charge is 0.282 e. The van der Waals surface area contributed by atoms with Crippen molar-refractivity contribution in [1.29, 1.82) is 0 Å². The van der Waals surface area contributed by atoms with Crippen molar-refractivity contribution in [2.45, 2.75) is 26.3 Å². The van der Waals surface area contributed by atoms with Crippen molar-refractivity contribution in [1.82, 2.24) is 25.1 Å². The minimum absolute atomic E-state index is 0.191. The van der Waals surface area contributed by atoms with Crippen LogP contribution >= 0.6 is 11.3 Å². The summed E-state index contributed by atoms with van der Waals surface area (Å²) in [5.41, 5.74) is 0.911. The summed E-state index contributed by atoms with van der Waals surface area (Å²) >= 11 is 1.22. The minimum atomic E-state index is -0.235. The number of ether oxygens (including phenoxy) is 1. The van der Waals surface area contributed by atoms with Gasteiger partial charge in [0.2, 0.25) is 9.97 Å². The van der Waals surface area contributed by atoms with Crippen molar-refractivity contribution in [3.05, 3.63) is 40.7 Å². The molecule has 8 heteroatoms. The Kier molecular flexibility index (Phi) is 4.24. The maximum absolute atomic E-state index is 12.3. The van der Waals surface area contributed by atoms with E-state index in [4.69, 9.17) is 4.74 Å². The van der Waals surface area contributed by atoms with Gasteiger partial charge in [0, 0.05) is 18.0 Å². The van der Waals surface area contributed by atoms with Gasteiger partial charge in [0.25, 0.3) is 5.91 Å². The van der Waals surface area contributed by atoms with E-state index in [1.165, 1.54) is 11.3 Å². The van der Waals surface area contributed by atoms with Gasteiger partial charge < -0.3 is 10.1 Å². The lowest BCUT2D eigenvalue weighted by Crippen LogP contribution is -2.23. The van der Waals surface area contributed by atoms with Gasteiger partial charge >= 0.3 is 0 Å². The first-order valence-electron chi connectivity index (χ1n) is 7.22. The summed E-state index contributed by atoms with van der Waals surface area (Å²) < 4.78 is 6.91. The largest absolute Gasteiger partial charge is 0.496 e. The molecule has 0 saturated heterocycles. The molecule has 0 atom stereocenters. The predicted molar refractivity (Wildman–Crippen MR) is 86.9 cm³/mol. The molecule has 0 saturated carbocycles. The van der Waals surface area contributed by atoms with Crippen LogP contribution in [0.1, 0.15) is 41.0 Å². The van der Waals surface area contributed by atoms with Crippen LogP contribution in [0.25, 0.3) is 4.96 Å². The van der Waals surface area contributed by atoms with Crippen LogP contribution in [0.4, 0.5) is 0 Å². The van der Waals surface area contributed by atoms with Gasteiger partial charge in [0.1, 0.15) is 5.75 Å². The average molecular weight is 331 g/mol. The third-order valence-corrected chi connectivity index (χ3v) is 4.26. The first-order valence-corrected chi connectivity index (χ1v) is 8.04. The van der Waals surface area contributed by atoms with E-state index < -0.39 is 0 Å². The van der Waals surface area contributed by atoms with Crippen molar-refractivity contribution in [2.24, 2.45) is 0 Å². The van der Waals surface area contributed by atoms with Gasteiger partial charge in [-0.3, -0.25) is 4.79 Å². The Bertz CT molecular complexity index is 839. The van der Waals surface area contributed by atoms with Crippen LogP contribution in [0, 0.1) is 0 Å². The van der Waals surface area contributed by atoms with Gasteiger partial charge in [-0.2, -0.15) is 4.52 Å². The number of nitrogens with one attached hydrogen (secondary N) is 1. The fourth-order valence-electron chi connectivity index (χ4n) is 2.18. The minimum Gasteiger partial charge on any atom is -0.496 e. The van der Waals surface area contributed by atoms with Crippen LogP contribution in [-0.2, 0) is 6.54 Å². The Hall–Kier alpha value is -2.48. The van der Waals surface area contributed by atoms with Crippen molar-refractivity contribution in [3.8, 4) is 5.75 Å². The molecule has 0 bridgehead atoms. The SMILES string of the molecule is COc1ccccc1CNC(=O)c1nn2c(C(C)C)nnc2s1. The molecule has 0 aliphatic rings. The zero-order valence-electron chi connectivity index (χ0n) is 13.1. The van der Waals surface area contributed by atoms with E-state index in [-0.39, 0.29) is 11.8 Å². The Balaban J connectivity index is 1.76. The van der Waals surface area contributed by atoms with E-state index in [1.54, 1.807) is 11.6 Å². The van der Waals surface area contributed by atoms with Crippen LogP contribution in [0.2, 0.25) is 0 Å². The maximum atomic E-state index is 12.3. The highest BCUT2D eigenvalue weighted by Crippen LogP contribution is 2.19. The maximum Gasteiger partial charge on any atom is 0.282 e.